The summed E-state index contributed by atoms with van der Waals surface area (Å²) in [5.74, 6) is -1.21. The van der Waals surface area contributed by atoms with Gasteiger partial charge in [-0.2, -0.15) is 0 Å². The number of ether oxygens (including phenoxy) is 1. The maximum Gasteiger partial charge on any atom is 0.350 e. The topological polar surface area (TPSA) is 69.4 Å². The average Bonchev–Trinajstić information content (AvgIpc) is 2.41. The van der Waals surface area contributed by atoms with E-state index in [0.29, 0.717) is 0 Å². The zero-order chi connectivity index (χ0) is 13.8. The molecule has 0 N–H and O–H groups in total. The van der Waals surface area contributed by atoms with Crippen molar-refractivity contribution in [1.29, 1.82) is 0 Å². The maximum absolute atomic E-state index is 12.7. The molecule has 0 saturated carbocycles. The van der Waals surface area contributed by atoms with E-state index in [4.69, 9.17) is 4.74 Å². The minimum Gasteiger partial charge on any atom is -0.423 e. The van der Waals surface area contributed by atoms with Crippen LogP contribution in [0.4, 0.5) is 10.1 Å². The first-order chi connectivity index (χ1) is 9.08. The SMILES string of the molecule is O=C(Oc1ccc(F)cc1)c1ccccc1[N+](=O)[O-]. The van der Waals surface area contributed by atoms with Crippen molar-refractivity contribution < 1.29 is 18.8 Å². The van der Waals surface area contributed by atoms with Crippen LogP contribution in [-0.4, -0.2) is 10.9 Å². The minimum absolute atomic E-state index is 0.115. The van der Waals surface area contributed by atoms with Crippen LogP contribution in [0.1, 0.15) is 10.4 Å². The number of carbonyl (C=O) groups is 1. The first kappa shape index (κ1) is 12.7. The van der Waals surface area contributed by atoms with E-state index in [-0.39, 0.29) is 17.0 Å². The lowest BCUT2D eigenvalue weighted by Crippen LogP contribution is -2.10. The van der Waals surface area contributed by atoms with Gasteiger partial charge >= 0.3 is 5.97 Å². The third-order valence-corrected chi connectivity index (χ3v) is 2.34. The summed E-state index contributed by atoms with van der Waals surface area (Å²) in [7, 11) is 0. The third-order valence-electron chi connectivity index (χ3n) is 2.34. The molecule has 6 heteroatoms. The Labute approximate surface area is 107 Å². The molecule has 0 heterocycles. The number of nitro benzene ring substituents is 1. The van der Waals surface area contributed by atoms with Crippen molar-refractivity contribution in [2.75, 3.05) is 0 Å². The second-order valence-corrected chi connectivity index (χ2v) is 3.62. The fourth-order valence-corrected chi connectivity index (χ4v) is 1.47. The number of nitrogens with zero attached hydrogens (tertiary/aromatic N) is 1. The first-order valence-electron chi connectivity index (χ1n) is 5.29. The van der Waals surface area contributed by atoms with Crippen molar-refractivity contribution >= 4 is 11.7 Å². The van der Waals surface area contributed by atoms with Gasteiger partial charge in [0.1, 0.15) is 17.1 Å². The van der Waals surface area contributed by atoms with Gasteiger partial charge in [0.2, 0.25) is 0 Å². The van der Waals surface area contributed by atoms with Gasteiger partial charge in [-0.3, -0.25) is 10.1 Å². The van der Waals surface area contributed by atoms with Gasteiger partial charge in [0.15, 0.2) is 0 Å². The number of halogens is 1. The molecule has 0 aliphatic heterocycles. The molecule has 5 nitrogen and oxygen atoms in total. The van der Waals surface area contributed by atoms with Gasteiger partial charge in [-0.15, -0.1) is 0 Å². The number of esters is 1. The molecule has 2 aromatic rings. The lowest BCUT2D eigenvalue weighted by atomic mass is 10.2. The highest BCUT2D eigenvalue weighted by Crippen LogP contribution is 2.20. The third kappa shape index (κ3) is 2.92. The molecule has 19 heavy (non-hydrogen) atoms. The smallest absolute Gasteiger partial charge is 0.350 e. The Morgan fingerprint density at radius 1 is 1.11 bits per heavy atom. The molecule has 0 bridgehead atoms. The van der Waals surface area contributed by atoms with Crippen LogP contribution in [-0.2, 0) is 0 Å². The number of para-hydroxylation sites is 1. The maximum atomic E-state index is 12.7. The molecule has 0 fully saturated rings. The van der Waals surface area contributed by atoms with E-state index in [1.807, 2.05) is 0 Å². The van der Waals surface area contributed by atoms with E-state index in [1.54, 1.807) is 0 Å². The Kier molecular flexibility index (Phi) is 3.51. The summed E-state index contributed by atoms with van der Waals surface area (Å²) in [6.07, 6.45) is 0. The number of carbonyl (C=O) groups excluding carboxylic acids is 1. The summed E-state index contributed by atoms with van der Waals surface area (Å²) >= 11 is 0. The van der Waals surface area contributed by atoms with Crippen LogP contribution in [0.2, 0.25) is 0 Å². The molecule has 0 aliphatic rings. The number of hydrogen-bond acceptors (Lipinski definition) is 4. The second kappa shape index (κ2) is 5.26. The molecular weight excluding hydrogens is 253 g/mol. The molecule has 0 atom stereocenters. The second-order valence-electron chi connectivity index (χ2n) is 3.62. The van der Waals surface area contributed by atoms with Crippen molar-refractivity contribution in [1.82, 2.24) is 0 Å². The van der Waals surface area contributed by atoms with Crippen LogP contribution in [0.25, 0.3) is 0 Å². The van der Waals surface area contributed by atoms with E-state index in [9.17, 15) is 19.3 Å². The lowest BCUT2D eigenvalue weighted by Gasteiger charge is -2.04. The summed E-state index contributed by atoms with van der Waals surface area (Å²) < 4.78 is 17.6. The van der Waals surface area contributed by atoms with Gasteiger partial charge in [0, 0.05) is 6.07 Å². The van der Waals surface area contributed by atoms with Gasteiger partial charge in [-0.25, -0.2) is 9.18 Å². The van der Waals surface area contributed by atoms with Crippen LogP contribution in [0.5, 0.6) is 5.75 Å². The zero-order valence-corrected chi connectivity index (χ0v) is 9.58. The summed E-state index contributed by atoms with van der Waals surface area (Å²) in [5.41, 5.74) is -0.494. The van der Waals surface area contributed by atoms with Gasteiger partial charge in [0.25, 0.3) is 5.69 Å². The van der Waals surface area contributed by atoms with E-state index in [0.717, 1.165) is 12.1 Å². The van der Waals surface area contributed by atoms with Crippen LogP contribution < -0.4 is 4.74 Å². The predicted octanol–water partition coefficient (Wildman–Crippen LogP) is 2.95. The number of benzene rings is 2. The van der Waals surface area contributed by atoms with Gasteiger partial charge in [-0.1, -0.05) is 12.1 Å². The van der Waals surface area contributed by atoms with Crippen molar-refractivity contribution in [2.45, 2.75) is 0 Å². The lowest BCUT2D eigenvalue weighted by molar-refractivity contribution is -0.385. The van der Waals surface area contributed by atoms with Crippen molar-refractivity contribution in [3.05, 3.63) is 70.0 Å². The van der Waals surface area contributed by atoms with Gasteiger partial charge in [0.05, 0.1) is 4.92 Å². The summed E-state index contributed by atoms with van der Waals surface area (Å²) in [6, 6.07) is 10.2. The summed E-state index contributed by atoms with van der Waals surface area (Å²) in [6.45, 7) is 0. The molecule has 0 aliphatic carbocycles. The minimum atomic E-state index is -0.862. The quantitative estimate of drug-likeness (QED) is 0.368. The van der Waals surface area contributed by atoms with E-state index >= 15 is 0 Å². The highest BCUT2D eigenvalue weighted by Gasteiger charge is 2.20. The molecule has 96 valence electrons. The normalized spacial score (nSPS) is 9.95. The summed E-state index contributed by atoms with van der Waals surface area (Å²) in [5, 5.41) is 10.8. The van der Waals surface area contributed by atoms with E-state index in [2.05, 4.69) is 0 Å². The number of nitro groups is 1. The largest absolute Gasteiger partial charge is 0.423 e. The highest BCUT2D eigenvalue weighted by molar-refractivity contribution is 5.95. The molecule has 0 aromatic heterocycles. The molecule has 0 radical (unpaired) electrons. The van der Waals surface area contributed by atoms with Crippen LogP contribution in [0, 0.1) is 15.9 Å². The average molecular weight is 261 g/mol. The fourth-order valence-electron chi connectivity index (χ4n) is 1.47. The van der Waals surface area contributed by atoms with E-state index in [1.165, 1.54) is 36.4 Å². The Morgan fingerprint density at radius 2 is 1.74 bits per heavy atom. The molecule has 0 amide bonds. The molecule has 0 spiro atoms. The van der Waals surface area contributed by atoms with E-state index < -0.39 is 16.7 Å². The Morgan fingerprint density at radius 3 is 2.37 bits per heavy atom. The number of hydrogen-bond donors (Lipinski definition) is 0. The molecule has 0 saturated heterocycles. The summed E-state index contributed by atoms with van der Waals surface area (Å²) in [4.78, 5) is 21.9. The zero-order valence-electron chi connectivity index (χ0n) is 9.58. The van der Waals surface area contributed by atoms with Crippen molar-refractivity contribution in [3.8, 4) is 5.75 Å². The molecule has 2 aromatic carbocycles. The molecular formula is C13H8FNO4. The van der Waals surface area contributed by atoms with Crippen LogP contribution >= 0.6 is 0 Å². The first-order valence-corrected chi connectivity index (χ1v) is 5.29. The fraction of sp³-hybridized carbons (Fsp3) is 0. The number of rotatable bonds is 3. The highest BCUT2D eigenvalue weighted by atomic mass is 19.1. The van der Waals surface area contributed by atoms with Gasteiger partial charge < -0.3 is 4.74 Å². The Hall–Kier alpha value is -2.76. The Balaban J connectivity index is 2.25. The molecule has 2 rings (SSSR count). The van der Waals surface area contributed by atoms with Crippen LogP contribution in [0.15, 0.2) is 48.5 Å². The predicted molar refractivity (Wildman–Crippen MR) is 64.5 cm³/mol. The van der Waals surface area contributed by atoms with Crippen molar-refractivity contribution in [3.63, 3.8) is 0 Å². The Bertz CT molecular complexity index is 625. The van der Waals surface area contributed by atoms with Gasteiger partial charge in [-0.05, 0) is 30.3 Å². The van der Waals surface area contributed by atoms with Crippen molar-refractivity contribution in [2.24, 2.45) is 0 Å². The monoisotopic (exact) mass is 261 g/mol. The standard InChI is InChI=1S/C13H8FNO4/c14-9-5-7-10(8-6-9)19-13(16)11-3-1-2-4-12(11)15(17)18/h1-8H. The van der Waals surface area contributed by atoms with Crippen LogP contribution in [0.3, 0.4) is 0 Å². The molecule has 0 unspecified atom stereocenters.